The Balaban J connectivity index is 0.000000229. The maximum Gasteiger partial charge on any atom is 0.270 e. The summed E-state index contributed by atoms with van der Waals surface area (Å²) in [6, 6.07) is 10.4. The Morgan fingerprint density at radius 1 is 0.800 bits per heavy atom. The van der Waals surface area contributed by atoms with E-state index in [0.29, 0.717) is 5.69 Å². The average Bonchev–Trinajstić information content (AvgIpc) is 3.59. The van der Waals surface area contributed by atoms with Gasteiger partial charge >= 0.3 is 0 Å². The normalized spacial score (nSPS) is 9.94. The molecule has 0 atom stereocenters. The highest BCUT2D eigenvalue weighted by molar-refractivity contribution is 7.13. The summed E-state index contributed by atoms with van der Waals surface area (Å²) in [5.41, 5.74) is 13.4. The molecule has 0 saturated carbocycles. The second kappa shape index (κ2) is 11.3. The van der Waals surface area contributed by atoms with E-state index < -0.39 is 4.92 Å². The van der Waals surface area contributed by atoms with Gasteiger partial charge in [-0.1, -0.05) is 22.3 Å². The second-order valence-electron chi connectivity index (χ2n) is 6.67. The molecule has 0 amide bonds. The number of aromatic amines is 2. The molecule has 4 aromatic heterocycles. The van der Waals surface area contributed by atoms with Crippen molar-refractivity contribution in [2.45, 2.75) is 22.3 Å². The molecule has 0 spiro atoms. The highest BCUT2D eigenvalue weighted by Crippen LogP contribution is 2.31. The largest absolute Gasteiger partial charge is 0.399 e. The van der Waals surface area contributed by atoms with Gasteiger partial charge in [0.15, 0.2) is 0 Å². The molecule has 0 aliphatic rings. The number of benzene rings is 2. The average molecular weight is 511 g/mol. The van der Waals surface area contributed by atoms with Crippen LogP contribution in [-0.4, -0.2) is 35.3 Å². The van der Waals surface area contributed by atoms with Crippen LogP contribution < -0.4 is 5.73 Å². The third kappa shape index (κ3) is 5.34. The second-order valence-corrected chi connectivity index (χ2v) is 8.44. The number of nitrogens with zero attached hydrogens (tertiary/aromatic N) is 5. The summed E-state index contributed by atoms with van der Waals surface area (Å²) in [4.78, 5) is 20.3. The monoisotopic (exact) mass is 510 g/mol. The maximum absolute atomic E-state index is 10.7. The third-order valence-electron chi connectivity index (χ3n) is 4.68. The number of fused-ring (bicyclic) bond motifs is 2. The molecule has 4 N–H and O–H groups in total. The predicted octanol–water partition coefficient (Wildman–Crippen LogP) is 6.77. The standard InChI is InChI=1S/C10H6N4O2S.C10H8N4S.3CH4/c15-14(16)6-1-2-8-7(3-6)10(13-12-8)9-4-11-5-17-9;11-6-1-2-8-7(3-6)10(14-13-8)9-4-12-5-15-9;;;/h1-5H,(H,12,13);1-5H,11H2,(H,13,14);3*1H4. The van der Waals surface area contributed by atoms with Gasteiger partial charge in [-0.05, 0) is 24.3 Å². The molecule has 6 rings (SSSR count). The van der Waals surface area contributed by atoms with Crippen molar-refractivity contribution in [1.29, 1.82) is 0 Å². The SMILES string of the molecule is C.C.C.Nc1ccc2[nH]nc(-c3cncs3)c2c1.O=[N+]([O-])c1ccc2[nH]nc(-c3cncs3)c2c1. The quantitative estimate of drug-likeness (QED) is 0.135. The first-order valence-electron chi connectivity index (χ1n) is 9.24. The van der Waals surface area contributed by atoms with Crippen LogP contribution in [0.4, 0.5) is 11.4 Å². The smallest absolute Gasteiger partial charge is 0.270 e. The summed E-state index contributed by atoms with van der Waals surface area (Å²) in [5, 5.41) is 26.8. The number of thiazole rings is 2. The molecule has 182 valence electrons. The summed E-state index contributed by atoms with van der Waals surface area (Å²) < 4.78 is 0. The van der Waals surface area contributed by atoms with Crippen molar-refractivity contribution < 1.29 is 4.92 Å². The number of non-ortho nitro benzene ring substituents is 1. The molecule has 6 aromatic rings. The van der Waals surface area contributed by atoms with Crippen molar-refractivity contribution in [2.75, 3.05) is 5.73 Å². The van der Waals surface area contributed by atoms with Gasteiger partial charge in [-0.2, -0.15) is 10.2 Å². The minimum atomic E-state index is -0.414. The van der Waals surface area contributed by atoms with Crippen molar-refractivity contribution in [3.8, 4) is 21.1 Å². The van der Waals surface area contributed by atoms with Crippen LogP contribution in [0.25, 0.3) is 42.9 Å². The fourth-order valence-corrected chi connectivity index (χ4v) is 4.44. The number of nitrogens with one attached hydrogen (secondary N) is 2. The predicted molar refractivity (Wildman–Crippen MR) is 146 cm³/mol. The zero-order valence-electron chi connectivity index (χ0n) is 16.2. The Morgan fingerprint density at radius 2 is 1.31 bits per heavy atom. The van der Waals surface area contributed by atoms with E-state index in [2.05, 4.69) is 30.4 Å². The summed E-state index contributed by atoms with van der Waals surface area (Å²) in [6.45, 7) is 0. The van der Waals surface area contributed by atoms with E-state index in [-0.39, 0.29) is 28.0 Å². The lowest BCUT2D eigenvalue weighted by molar-refractivity contribution is -0.384. The number of aromatic nitrogens is 6. The number of rotatable bonds is 3. The zero-order chi connectivity index (χ0) is 22.1. The van der Waals surface area contributed by atoms with Crippen LogP contribution in [-0.2, 0) is 0 Å². The number of nitro benzene ring substituents is 1. The molecular weight excluding hydrogens is 484 g/mol. The first-order chi connectivity index (χ1) is 15.6. The molecular formula is C23H26N8O2S2. The van der Waals surface area contributed by atoms with Crippen molar-refractivity contribution in [2.24, 2.45) is 0 Å². The molecule has 0 aliphatic carbocycles. The summed E-state index contributed by atoms with van der Waals surface area (Å²) in [6.07, 6.45) is 3.50. The molecule has 0 aliphatic heterocycles. The number of nitrogens with two attached hydrogens (primary N) is 1. The zero-order valence-corrected chi connectivity index (χ0v) is 17.9. The Hall–Kier alpha value is -4.16. The van der Waals surface area contributed by atoms with Crippen molar-refractivity contribution in [1.82, 2.24) is 30.4 Å². The molecule has 0 saturated heterocycles. The van der Waals surface area contributed by atoms with Gasteiger partial charge in [0.05, 0.1) is 36.7 Å². The van der Waals surface area contributed by atoms with Gasteiger partial charge in [0.1, 0.15) is 11.4 Å². The molecule has 0 fully saturated rings. The van der Waals surface area contributed by atoms with E-state index >= 15 is 0 Å². The van der Waals surface area contributed by atoms with Gasteiger partial charge in [0, 0.05) is 41.0 Å². The number of H-pyrrole nitrogens is 2. The van der Waals surface area contributed by atoms with Gasteiger partial charge in [0.2, 0.25) is 0 Å². The van der Waals surface area contributed by atoms with Gasteiger partial charge in [-0.25, -0.2) is 0 Å². The number of hydrogen-bond donors (Lipinski definition) is 3. The van der Waals surface area contributed by atoms with Crippen LogP contribution in [0, 0.1) is 10.1 Å². The highest BCUT2D eigenvalue weighted by atomic mass is 32.1. The van der Waals surface area contributed by atoms with Crippen LogP contribution in [0.15, 0.2) is 59.8 Å². The molecule has 0 bridgehead atoms. The lowest BCUT2D eigenvalue weighted by Crippen LogP contribution is -1.86. The van der Waals surface area contributed by atoms with Crippen molar-refractivity contribution in [3.05, 3.63) is 69.9 Å². The molecule has 10 nitrogen and oxygen atoms in total. The fourth-order valence-electron chi connectivity index (χ4n) is 3.19. The molecule has 0 unspecified atom stereocenters. The molecule has 12 heteroatoms. The minimum absolute atomic E-state index is 0. The maximum atomic E-state index is 10.7. The first kappa shape index (κ1) is 27.1. The van der Waals surface area contributed by atoms with Crippen molar-refractivity contribution >= 4 is 55.9 Å². The molecule has 0 radical (unpaired) electrons. The Labute approximate surface area is 210 Å². The van der Waals surface area contributed by atoms with Crippen LogP contribution >= 0.6 is 22.7 Å². The Bertz CT molecular complexity index is 1520. The summed E-state index contributed by atoms with van der Waals surface area (Å²) in [5.74, 6) is 0. The van der Waals surface area contributed by atoms with Crippen LogP contribution in [0.5, 0.6) is 0 Å². The topological polar surface area (TPSA) is 152 Å². The van der Waals surface area contributed by atoms with E-state index in [1.807, 2.05) is 24.4 Å². The third-order valence-corrected chi connectivity index (χ3v) is 6.24. The van der Waals surface area contributed by atoms with E-state index in [0.717, 1.165) is 42.9 Å². The number of anilines is 1. The Morgan fingerprint density at radius 3 is 1.80 bits per heavy atom. The summed E-state index contributed by atoms with van der Waals surface area (Å²) >= 11 is 3.01. The van der Waals surface area contributed by atoms with Crippen molar-refractivity contribution in [3.63, 3.8) is 0 Å². The minimum Gasteiger partial charge on any atom is -0.399 e. The lowest BCUT2D eigenvalue weighted by Gasteiger charge is -1.94. The fraction of sp³-hybridized carbons (Fsp3) is 0.130. The van der Waals surface area contributed by atoms with Gasteiger partial charge in [-0.3, -0.25) is 30.3 Å². The van der Waals surface area contributed by atoms with Gasteiger partial charge < -0.3 is 5.73 Å². The molecule has 35 heavy (non-hydrogen) atoms. The van der Waals surface area contributed by atoms with Crippen LogP contribution in [0.2, 0.25) is 0 Å². The van der Waals surface area contributed by atoms with E-state index in [1.165, 1.54) is 23.5 Å². The highest BCUT2D eigenvalue weighted by Gasteiger charge is 2.14. The summed E-state index contributed by atoms with van der Waals surface area (Å²) in [7, 11) is 0. The van der Waals surface area contributed by atoms with Crippen LogP contribution in [0.1, 0.15) is 22.3 Å². The van der Waals surface area contributed by atoms with E-state index in [4.69, 9.17) is 5.73 Å². The molecule has 2 aromatic carbocycles. The first-order valence-corrected chi connectivity index (χ1v) is 11.0. The lowest BCUT2D eigenvalue weighted by atomic mass is 10.2. The number of hydrogen-bond acceptors (Lipinski definition) is 9. The van der Waals surface area contributed by atoms with E-state index in [1.54, 1.807) is 34.6 Å². The number of nitrogen functional groups attached to an aromatic ring is 1. The number of nitro groups is 1. The molecule has 4 heterocycles. The van der Waals surface area contributed by atoms with Gasteiger partial charge in [0.25, 0.3) is 5.69 Å². The Kier molecular flexibility index (Phi) is 8.75. The van der Waals surface area contributed by atoms with Crippen LogP contribution in [0.3, 0.4) is 0 Å². The van der Waals surface area contributed by atoms with E-state index in [9.17, 15) is 10.1 Å². The van der Waals surface area contributed by atoms with Gasteiger partial charge in [-0.15, -0.1) is 22.7 Å².